The monoisotopic (exact) mass is 393 g/mol. The van der Waals surface area contributed by atoms with Crippen LogP contribution in [0.1, 0.15) is 38.2 Å². The fourth-order valence-corrected chi connectivity index (χ4v) is 1.45. The third-order valence-electron chi connectivity index (χ3n) is 2.43. The first kappa shape index (κ1) is 15.5. The summed E-state index contributed by atoms with van der Waals surface area (Å²) in [7, 11) is 0. The van der Waals surface area contributed by atoms with E-state index in [2.05, 4.69) is 49.4 Å². The molecular formula is C15H20Ir-2. The van der Waals surface area contributed by atoms with Crippen molar-refractivity contribution < 1.29 is 20.1 Å². The van der Waals surface area contributed by atoms with Gasteiger partial charge in [-0.2, -0.15) is 23.8 Å². The van der Waals surface area contributed by atoms with Crippen LogP contribution < -0.4 is 0 Å². The molecule has 0 nitrogen and oxygen atoms in total. The van der Waals surface area contributed by atoms with Gasteiger partial charge in [0.1, 0.15) is 0 Å². The van der Waals surface area contributed by atoms with Crippen molar-refractivity contribution in [2.24, 2.45) is 0 Å². The average molecular weight is 393 g/mol. The first-order valence-corrected chi connectivity index (χ1v) is 5.86. The molecule has 1 aliphatic carbocycles. The third kappa shape index (κ3) is 7.73. The van der Waals surface area contributed by atoms with Crippen LogP contribution >= 0.6 is 0 Å². The van der Waals surface area contributed by atoms with Gasteiger partial charge < -0.3 is 0 Å². The molecular weight excluding hydrogens is 372 g/mol. The fraction of sp³-hybridized carbons (Fsp3) is 0.400. The molecule has 0 fully saturated rings. The van der Waals surface area contributed by atoms with Gasteiger partial charge in [0, 0.05) is 20.1 Å². The fourth-order valence-electron chi connectivity index (χ4n) is 1.45. The van der Waals surface area contributed by atoms with Crippen LogP contribution in [0.25, 0.3) is 0 Å². The van der Waals surface area contributed by atoms with E-state index in [-0.39, 0.29) is 20.1 Å². The van der Waals surface area contributed by atoms with Crippen LogP contribution in [0.4, 0.5) is 0 Å². The van der Waals surface area contributed by atoms with E-state index in [1.807, 2.05) is 6.08 Å². The van der Waals surface area contributed by atoms with E-state index in [0.29, 0.717) is 0 Å². The van der Waals surface area contributed by atoms with Gasteiger partial charge in [0.25, 0.3) is 0 Å². The Hall–Kier alpha value is -0.521. The van der Waals surface area contributed by atoms with Gasteiger partial charge in [-0.25, -0.2) is 24.3 Å². The molecule has 1 heteroatoms. The van der Waals surface area contributed by atoms with Crippen LogP contribution in [-0.2, 0) is 26.5 Å². The molecule has 1 aromatic rings. The maximum Gasteiger partial charge on any atom is 0 e. The Balaban J connectivity index is 0.000000267. The minimum Gasteiger partial charge on any atom is -0.275 e. The molecule has 0 spiro atoms. The first-order chi connectivity index (χ1) is 7.43. The van der Waals surface area contributed by atoms with E-state index in [1.165, 1.54) is 24.8 Å². The number of hydrogen-bond donors (Lipinski definition) is 0. The van der Waals surface area contributed by atoms with Gasteiger partial charge in [0.15, 0.2) is 0 Å². The maximum absolute atomic E-state index is 3.18. The molecule has 0 aromatic heterocycles. The molecule has 0 atom stereocenters. The van der Waals surface area contributed by atoms with Crippen LogP contribution in [0.2, 0.25) is 0 Å². The largest absolute Gasteiger partial charge is 0.275 e. The molecule has 16 heavy (non-hydrogen) atoms. The Morgan fingerprint density at radius 3 is 2.56 bits per heavy atom. The van der Waals surface area contributed by atoms with E-state index in [1.54, 1.807) is 0 Å². The Kier molecular flexibility index (Phi) is 10.6. The molecule has 0 N–H and O–H groups in total. The first-order valence-electron chi connectivity index (χ1n) is 5.86. The summed E-state index contributed by atoms with van der Waals surface area (Å²) in [6.45, 7) is 2.16. The second-order valence-corrected chi connectivity index (χ2v) is 3.69. The zero-order chi connectivity index (χ0) is 10.8. The molecule has 0 saturated carbocycles. The molecule has 1 radical (unpaired) electrons. The van der Waals surface area contributed by atoms with Crippen molar-refractivity contribution in [2.75, 3.05) is 0 Å². The minimum absolute atomic E-state index is 0. The molecule has 0 unspecified atom stereocenters. The Morgan fingerprint density at radius 1 is 1.19 bits per heavy atom. The second-order valence-electron chi connectivity index (χ2n) is 3.69. The van der Waals surface area contributed by atoms with E-state index < -0.39 is 0 Å². The van der Waals surface area contributed by atoms with Crippen molar-refractivity contribution >= 4 is 0 Å². The standard InChI is InChI=1S/C8H11.C7H9.Ir/c1-2-4-6-8-7-5-3-1;1-2-7-5-3-4-6-7;/h1-3H,4,6-8H2;3-6H,2H2,1H3;/q2*-1;/b2-1-;;. The molecule has 1 aliphatic rings. The van der Waals surface area contributed by atoms with E-state index in [0.717, 1.165) is 12.8 Å². The van der Waals surface area contributed by atoms with E-state index in [9.17, 15) is 0 Å². The molecule has 91 valence electrons. The molecule has 2 rings (SSSR count). The minimum atomic E-state index is 0. The predicted octanol–water partition coefficient (Wildman–Crippen LogP) is 4.44. The van der Waals surface area contributed by atoms with Gasteiger partial charge >= 0.3 is 0 Å². The Morgan fingerprint density at radius 2 is 1.94 bits per heavy atom. The van der Waals surface area contributed by atoms with Crippen LogP contribution in [0.3, 0.4) is 0 Å². The topological polar surface area (TPSA) is 0 Å². The van der Waals surface area contributed by atoms with Crippen LogP contribution in [0.5, 0.6) is 0 Å². The summed E-state index contributed by atoms with van der Waals surface area (Å²) in [6, 6.07) is 8.41. The van der Waals surface area contributed by atoms with Crippen molar-refractivity contribution in [3.8, 4) is 0 Å². The summed E-state index contributed by atoms with van der Waals surface area (Å²) < 4.78 is 0. The molecule has 1 aromatic carbocycles. The van der Waals surface area contributed by atoms with Gasteiger partial charge in [0.05, 0.1) is 0 Å². The summed E-state index contributed by atoms with van der Waals surface area (Å²) in [6.07, 6.45) is 15.7. The zero-order valence-electron chi connectivity index (χ0n) is 9.91. The van der Waals surface area contributed by atoms with Crippen molar-refractivity contribution in [2.45, 2.75) is 39.0 Å². The molecule has 0 bridgehead atoms. The summed E-state index contributed by atoms with van der Waals surface area (Å²) in [4.78, 5) is 0. The number of hydrogen-bond acceptors (Lipinski definition) is 0. The molecule has 0 aliphatic heterocycles. The normalized spacial score (nSPS) is 16.1. The summed E-state index contributed by atoms with van der Waals surface area (Å²) in [5.41, 5.74) is 1.43. The quantitative estimate of drug-likeness (QED) is 0.620. The predicted molar refractivity (Wildman–Crippen MR) is 66.8 cm³/mol. The van der Waals surface area contributed by atoms with Gasteiger partial charge in [0.2, 0.25) is 0 Å². The van der Waals surface area contributed by atoms with Crippen LogP contribution in [-0.4, -0.2) is 0 Å². The van der Waals surface area contributed by atoms with Crippen molar-refractivity contribution in [3.63, 3.8) is 0 Å². The second kappa shape index (κ2) is 11.0. The van der Waals surface area contributed by atoms with Crippen LogP contribution in [0, 0.1) is 6.08 Å². The van der Waals surface area contributed by atoms with Gasteiger partial charge in [-0.05, 0) is 0 Å². The van der Waals surface area contributed by atoms with Crippen LogP contribution in [0.15, 0.2) is 42.5 Å². The molecule has 0 saturated heterocycles. The smallest absolute Gasteiger partial charge is 0 e. The maximum atomic E-state index is 3.18. The average Bonchev–Trinajstić information content (AvgIpc) is 2.69. The van der Waals surface area contributed by atoms with Crippen molar-refractivity contribution in [3.05, 3.63) is 54.1 Å². The third-order valence-corrected chi connectivity index (χ3v) is 2.43. The van der Waals surface area contributed by atoms with Crippen molar-refractivity contribution in [1.82, 2.24) is 0 Å². The number of aryl methyl sites for hydroxylation is 1. The van der Waals surface area contributed by atoms with E-state index >= 15 is 0 Å². The SMILES string of the molecule is CC[c-]1cccc1.[C-]1=C/C=C\CCCC1.[Ir]. The number of rotatable bonds is 1. The van der Waals surface area contributed by atoms with Gasteiger partial charge in [-0.1, -0.05) is 32.6 Å². The summed E-state index contributed by atoms with van der Waals surface area (Å²) >= 11 is 0. The van der Waals surface area contributed by atoms with E-state index in [4.69, 9.17) is 0 Å². The Bertz CT molecular complexity index is 266. The van der Waals surface area contributed by atoms with Gasteiger partial charge in [-0.15, -0.1) is 6.42 Å². The van der Waals surface area contributed by atoms with Crippen molar-refractivity contribution in [1.29, 1.82) is 0 Å². The number of allylic oxidation sites excluding steroid dienone is 4. The molecule has 0 heterocycles. The summed E-state index contributed by atoms with van der Waals surface area (Å²) in [5, 5.41) is 0. The van der Waals surface area contributed by atoms with Gasteiger partial charge in [-0.3, -0.25) is 6.08 Å². The Labute approximate surface area is 113 Å². The summed E-state index contributed by atoms with van der Waals surface area (Å²) in [5.74, 6) is 0. The zero-order valence-corrected chi connectivity index (χ0v) is 12.3. The molecule has 0 amide bonds.